The van der Waals surface area contributed by atoms with E-state index in [1.807, 2.05) is 0 Å². The van der Waals surface area contributed by atoms with E-state index in [0.717, 1.165) is 5.12 Å². The molecular formula is C5H7N5. The van der Waals surface area contributed by atoms with E-state index >= 15 is 0 Å². The van der Waals surface area contributed by atoms with E-state index in [9.17, 15) is 0 Å². The molecule has 0 aromatic carbocycles. The van der Waals surface area contributed by atoms with Crippen LogP contribution in [0.3, 0.4) is 0 Å². The maximum absolute atomic E-state index is 7.24. The van der Waals surface area contributed by atoms with Gasteiger partial charge in [0.1, 0.15) is 0 Å². The zero-order valence-electron chi connectivity index (χ0n) is 5.55. The van der Waals surface area contributed by atoms with Gasteiger partial charge < -0.3 is 0 Å². The maximum atomic E-state index is 7.24. The van der Waals surface area contributed by atoms with Crippen molar-refractivity contribution in [1.29, 1.82) is 10.9 Å². The highest BCUT2D eigenvalue weighted by atomic mass is 15.7. The molecule has 0 bridgehead atoms. The van der Waals surface area contributed by atoms with Gasteiger partial charge in [0.2, 0.25) is 0 Å². The molecule has 52 valence electrons. The second-order valence-corrected chi connectivity index (χ2v) is 1.90. The lowest BCUT2D eigenvalue weighted by Crippen LogP contribution is -2.13. The number of amidine groups is 1. The Labute approximate surface area is 58.0 Å². The predicted molar refractivity (Wildman–Crippen MR) is 37.0 cm³/mol. The fourth-order valence-electron chi connectivity index (χ4n) is 0.617. The molecule has 0 radical (unpaired) electrons. The molecule has 0 saturated heterocycles. The molecule has 0 unspecified atom stereocenters. The summed E-state index contributed by atoms with van der Waals surface area (Å²) in [6.07, 6.45) is 0. The third-order valence-corrected chi connectivity index (χ3v) is 1.26. The van der Waals surface area contributed by atoms with Gasteiger partial charge in [0.15, 0.2) is 5.84 Å². The number of hydrogen-bond donors (Lipinski definition) is 2. The molecule has 0 aromatic heterocycles. The number of nitrogens with zero attached hydrogens (tertiary/aromatic N) is 3. The number of hydrogen-bond acceptors (Lipinski definition) is 4. The van der Waals surface area contributed by atoms with Crippen molar-refractivity contribution in [3.8, 4) is 0 Å². The summed E-state index contributed by atoms with van der Waals surface area (Å²) < 4.78 is 0. The normalized spacial score (nSPS) is 17.7. The quantitative estimate of drug-likeness (QED) is 0.522. The molecule has 0 fully saturated rings. The van der Waals surface area contributed by atoms with Crippen LogP contribution in [0.1, 0.15) is 6.92 Å². The van der Waals surface area contributed by atoms with Crippen molar-refractivity contribution in [2.24, 2.45) is 10.3 Å². The van der Waals surface area contributed by atoms with Crippen LogP contribution in [-0.2, 0) is 0 Å². The molecule has 0 aliphatic carbocycles. The second-order valence-electron chi connectivity index (χ2n) is 1.90. The van der Waals surface area contributed by atoms with E-state index < -0.39 is 0 Å². The highest BCUT2D eigenvalue weighted by Gasteiger charge is 2.21. The van der Waals surface area contributed by atoms with Gasteiger partial charge in [-0.05, 0) is 6.92 Å². The Morgan fingerprint density at radius 3 is 2.50 bits per heavy atom. The Morgan fingerprint density at radius 1 is 1.70 bits per heavy atom. The molecule has 1 aliphatic heterocycles. The largest absolute Gasteiger partial charge is 0.281 e. The Bertz CT molecular complexity index is 238. The van der Waals surface area contributed by atoms with Crippen molar-refractivity contribution in [2.75, 3.05) is 0 Å². The van der Waals surface area contributed by atoms with Gasteiger partial charge in [0, 0.05) is 5.57 Å². The van der Waals surface area contributed by atoms with Crippen LogP contribution >= 0.6 is 0 Å². The van der Waals surface area contributed by atoms with Crippen molar-refractivity contribution in [1.82, 2.24) is 5.12 Å². The van der Waals surface area contributed by atoms with Crippen LogP contribution in [0.4, 0.5) is 0 Å². The zero-order chi connectivity index (χ0) is 7.72. The summed E-state index contributed by atoms with van der Waals surface area (Å²) >= 11 is 0. The van der Waals surface area contributed by atoms with Crippen molar-refractivity contribution in [3.63, 3.8) is 0 Å². The molecule has 5 nitrogen and oxygen atoms in total. The minimum absolute atomic E-state index is 0.0764. The van der Waals surface area contributed by atoms with Crippen LogP contribution in [-0.4, -0.2) is 16.7 Å². The van der Waals surface area contributed by atoms with Crippen molar-refractivity contribution < 1.29 is 0 Å². The van der Waals surface area contributed by atoms with E-state index in [0.29, 0.717) is 11.3 Å². The first kappa shape index (κ1) is 6.60. The summed E-state index contributed by atoms with van der Waals surface area (Å²) in [6, 6.07) is 0. The summed E-state index contributed by atoms with van der Waals surface area (Å²) in [5.74, 6) is 0.0764. The average Bonchev–Trinajstić information content (AvgIpc) is 2.17. The van der Waals surface area contributed by atoms with Crippen LogP contribution < -0.4 is 0 Å². The SMILES string of the molecule is C=C1C(=N)N(N=N)N=C1C. The van der Waals surface area contributed by atoms with Gasteiger partial charge in [-0.1, -0.05) is 11.8 Å². The van der Waals surface area contributed by atoms with E-state index in [1.165, 1.54) is 0 Å². The summed E-state index contributed by atoms with van der Waals surface area (Å²) in [7, 11) is 0. The molecule has 0 saturated carbocycles. The molecule has 5 heteroatoms. The Hall–Kier alpha value is -1.52. The molecule has 10 heavy (non-hydrogen) atoms. The van der Waals surface area contributed by atoms with Gasteiger partial charge in [-0.2, -0.15) is 10.6 Å². The molecule has 1 rings (SSSR count). The first-order valence-electron chi connectivity index (χ1n) is 2.67. The Kier molecular flexibility index (Phi) is 1.33. The first-order valence-corrected chi connectivity index (χ1v) is 2.67. The highest BCUT2D eigenvalue weighted by Crippen LogP contribution is 2.12. The monoisotopic (exact) mass is 137 g/mol. The fourth-order valence-corrected chi connectivity index (χ4v) is 0.617. The van der Waals surface area contributed by atoms with Crippen molar-refractivity contribution in [3.05, 3.63) is 12.2 Å². The van der Waals surface area contributed by atoms with Gasteiger partial charge in [0.05, 0.1) is 5.71 Å². The summed E-state index contributed by atoms with van der Waals surface area (Å²) in [6.45, 7) is 5.30. The lowest BCUT2D eigenvalue weighted by Gasteiger charge is -2.00. The van der Waals surface area contributed by atoms with Crippen LogP contribution in [0, 0.1) is 10.9 Å². The summed E-state index contributed by atoms with van der Waals surface area (Å²) in [5, 5.41) is 14.9. The van der Waals surface area contributed by atoms with Gasteiger partial charge in [-0.25, -0.2) is 0 Å². The molecule has 1 aliphatic rings. The van der Waals surface area contributed by atoms with Crippen LogP contribution in [0.15, 0.2) is 22.5 Å². The number of rotatable bonds is 1. The van der Waals surface area contributed by atoms with Crippen LogP contribution in [0.25, 0.3) is 0 Å². The van der Waals surface area contributed by atoms with Gasteiger partial charge in [-0.15, -0.1) is 5.12 Å². The maximum Gasteiger partial charge on any atom is 0.177 e. The van der Waals surface area contributed by atoms with Crippen LogP contribution in [0.5, 0.6) is 0 Å². The number of nitrogens with one attached hydrogen (secondary N) is 2. The van der Waals surface area contributed by atoms with Gasteiger partial charge in [-0.3, -0.25) is 5.41 Å². The Morgan fingerprint density at radius 2 is 2.30 bits per heavy atom. The topological polar surface area (TPSA) is 75.7 Å². The molecular weight excluding hydrogens is 130 g/mol. The zero-order valence-corrected chi connectivity index (χ0v) is 5.55. The smallest absolute Gasteiger partial charge is 0.177 e. The summed E-state index contributed by atoms with van der Waals surface area (Å²) in [5.41, 5.74) is 7.74. The third kappa shape index (κ3) is 0.717. The van der Waals surface area contributed by atoms with E-state index in [-0.39, 0.29) is 5.84 Å². The lowest BCUT2D eigenvalue weighted by atomic mass is 10.2. The van der Waals surface area contributed by atoms with E-state index in [1.54, 1.807) is 6.92 Å². The molecule has 0 spiro atoms. The average molecular weight is 137 g/mol. The standard InChI is InChI=1S/C5H7N5/c1-3-4(2)8-10(9-7)5(3)6/h6-7H,1H2,2H3. The van der Waals surface area contributed by atoms with Crippen molar-refractivity contribution >= 4 is 11.5 Å². The molecule has 0 aromatic rings. The first-order chi connectivity index (χ1) is 4.66. The Balaban J connectivity index is 2.97. The minimum Gasteiger partial charge on any atom is -0.281 e. The third-order valence-electron chi connectivity index (χ3n) is 1.26. The number of hydrazone groups is 1. The molecule has 1 heterocycles. The van der Waals surface area contributed by atoms with Crippen LogP contribution in [0.2, 0.25) is 0 Å². The minimum atomic E-state index is 0.0764. The fraction of sp³-hybridized carbons (Fsp3) is 0.200. The van der Waals surface area contributed by atoms with E-state index in [4.69, 9.17) is 10.9 Å². The molecule has 0 atom stereocenters. The highest BCUT2D eigenvalue weighted by molar-refractivity contribution is 6.24. The van der Waals surface area contributed by atoms with Crippen molar-refractivity contribution in [2.45, 2.75) is 6.92 Å². The predicted octanol–water partition coefficient (Wildman–Crippen LogP) is 1.16. The van der Waals surface area contributed by atoms with Gasteiger partial charge >= 0.3 is 0 Å². The second kappa shape index (κ2) is 2.02. The molecule has 2 N–H and O–H groups in total. The molecule has 0 amide bonds. The lowest BCUT2D eigenvalue weighted by molar-refractivity contribution is 0.437. The van der Waals surface area contributed by atoms with E-state index in [2.05, 4.69) is 16.9 Å². The summed E-state index contributed by atoms with van der Waals surface area (Å²) in [4.78, 5) is 0. The van der Waals surface area contributed by atoms with Gasteiger partial charge in [0.25, 0.3) is 0 Å².